The van der Waals surface area contributed by atoms with Crippen LogP contribution in [0.4, 0.5) is 5.69 Å². The van der Waals surface area contributed by atoms with Gasteiger partial charge in [0, 0.05) is 32.2 Å². The topological polar surface area (TPSA) is 16.1 Å². The molecule has 16 heavy (non-hydrogen) atoms. The molecule has 1 aromatic heterocycles. The summed E-state index contributed by atoms with van der Waals surface area (Å²) >= 11 is 0. The molecule has 0 aliphatic carbocycles. The average molecular weight is 220 g/mol. The Labute approximate surface area is 101 Å². The maximum absolute atomic E-state index is 3.90. The Bertz CT molecular complexity index is 240. The third kappa shape index (κ3) is 6.49. The first kappa shape index (κ1) is 15.0. The molecule has 0 atom stereocenters. The molecule has 0 radical (unpaired) electrons. The fourth-order valence-corrected chi connectivity index (χ4v) is 1.51. The number of aromatic nitrogens is 1. The summed E-state index contributed by atoms with van der Waals surface area (Å²) in [5.41, 5.74) is 1.19. The fraction of sp³-hybridized carbons (Fsp3) is 0.615. The molecule has 0 saturated carbocycles. The second kappa shape index (κ2) is 9.26. The van der Waals surface area contributed by atoms with E-state index in [2.05, 4.69) is 25.8 Å². The molecule has 0 aliphatic rings. The van der Waals surface area contributed by atoms with Crippen LogP contribution in [0, 0.1) is 0 Å². The number of hydrogen-bond donors (Lipinski definition) is 0. The summed E-state index contributed by atoms with van der Waals surface area (Å²) in [6.07, 6.45) is 7.64. The van der Waals surface area contributed by atoms with Crippen LogP contribution >= 0.6 is 0 Å². The van der Waals surface area contributed by atoms with Gasteiger partial charge in [0.2, 0.25) is 0 Å². The average Bonchev–Trinajstić information content (AvgIpc) is 2.33. The van der Waals surface area contributed by atoms with Crippen molar-refractivity contribution >= 4 is 12.4 Å². The molecule has 1 heterocycles. The first-order valence-corrected chi connectivity index (χ1v) is 6.22. The molecular weight excluding hydrogens is 195 g/mol. The van der Waals surface area contributed by atoms with Gasteiger partial charge in [0.1, 0.15) is 6.71 Å². The second-order valence-corrected chi connectivity index (χ2v) is 4.19. The lowest BCUT2D eigenvalue weighted by atomic mass is 9.44. The van der Waals surface area contributed by atoms with Crippen LogP contribution in [0.3, 0.4) is 0 Å². The minimum absolute atomic E-state index is 0.986. The van der Waals surface area contributed by atoms with E-state index in [1.165, 1.54) is 24.6 Å². The Morgan fingerprint density at radius 1 is 1.00 bits per heavy atom. The molecule has 0 N–H and O–H groups in total. The molecule has 0 bridgehead atoms. The summed E-state index contributed by atoms with van der Waals surface area (Å²) < 4.78 is 0. The van der Waals surface area contributed by atoms with Gasteiger partial charge in [-0.3, -0.25) is 4.98 Å². The van der Waals surface area contributed by atoms with E-state index in [4.69, 9.17) is 0 Å². The van der Waals surface area contributed by atoms with Gasteiger partial charge in [0.25, 0.3) is 0 Å². The molecule has 0 unspecified atom stereocenters. The first-order valence-electron chi connectivity index (χ1n) is 6.22. The van der Waals surface area contributed by atoms with Crippen molar-refractivity contribution in [1.82, 2.24) is 4.98 Å². The maximum atomic E-state index is 3.90. The minimum Gasteiger partial charge on any atom is -0.378 e. The van der Waals surface area contributed by atoms with Gasteiger partial charge in [-0.1, -0.05) is 39.7 Å². The highest BCUT2D eigenvalue weighted by Gasteiger charge is 2.01. The highest BCUT2D eigenvalue weighted by molar-refractivity contribution is 6.58. The molecule has 0 fully saturated rings. The summed E-state index contributed by atoms with van der Waals surface area (Å²) in [5.74, 6) is 0. The summed E-state index contributed by atoms with van der Waals surface area (Å²) in [7, 11) is 4.02. The van der Waals surface area contributed by atoms with Crippen molar-refractivity contribution in [1.29, 1.82) is 0 Å². The Kier molecular flexibility index (Phi) is 8.69. The van der Waals surface area contributed by atoms with Gasteiger partial charge in [0.05, 0.1) is 0 Å². The van der Waals surface area contributed by atoms with E-state index < -0.39 is 0 Å². The maximum Gasteiger partial charge on any atom is 0.139 e. The predicted octanol–water partition coefficient (Wildman–Crippen LogP) is 3.69. The van der Waals surface area contributed by atoms with Crippen LogP contribution in [0.25, 0.3) is 0 Å². The lowest BCUT2D eigenvalue weighted by Crippen LogP contribution is -2.07. The van der Waals surface area contributed by atoms with Crippen molar-refractivity contribution < 1.29 is 0 Å². The highest BCUT2D eigenvalue weighted by atomic mass is 15.1. The van der Waals surface area contributed by atoms with Crippen LogP contribution < -0.4 is 4.90 Å². The van der Waals surface area contributed by atoms with Crippen molar-refractivity contribution in [2.24, 2.45) is 0 Å². The van der Waals surface area contributed by atoms with Crippen LogP contribution in [-0.4, -0.2) is 25.8 Å². The fourth-order valence-electron chi connectivity index (χ4n) is 1.51. The third-order valence-electron chi connectivity index (χ3n) is 2.91. The van der Waals surface area contributed by atoms with Crippen LogP contribution in [-0.2, 0) is 0 Å². The van der Waals surface area contributed by atoms with Crippen LogP contribution in [0.5, 0.6) is 0 Å². The second-order valence-electron chi connectivity index (χ2n) is 4.19. The van der Waals surface area contributed by atoms with Crippen molar-refractivity contribution in [3.63, 3.8) is 0 Å². The van der Waals surface area contributed by atoms with Crippen molar-refractivity contribution in [2.75, 3.05) is 19.0 Å². The van der Waals surface area contributed by atoms with Gasteiger partial charge in [-0.2, -0.15) is 0 Å². The summed E-state index contributed by atoms with van der Waals surface area (Å²) in [4.78, 5) is 5.94. The normalized spacial score (nSPS) is 9.06. The number of pyridine rings is 1. The van der Waals surface area contributed by atoms with Crippen LogP contribution in [0.15, 0.2) is 24.5 Å². The number of rotatable bonds is 4. The molecule has 0 aromatic carbocycles. The SMILES string of the molecule is CCB(CC)CC.CN(C)c1ccncc1. The zero-order valence-electron chi connectivity index (χ0n) is 11.4. The van der Waals surface area contributed by atoms with Crippen LogP contribution in [0.2, 0.25) is 19.0 Å². The van der Waals surface area contributed by atoms with Crippen LogP contribution in [0.1, 0.15) is 20.8 Å². The smallest absolute Gasteiger partial charge is 0.139 e. The van der Waals surface area contributed by atoms with Gasteiger partial charge in [0.15, 0.2) is 0 Å². The molecule has 3 heteroatoms. The summed E-state index contributed by atoms with van der Waals surface area (Å²) in [6, 6.07) is 3.94. The van der Waals surface area contributed by atoms with Crippen molar-refractivity contribution in [2.45, 2.75) is 39.7 Å². The molecule has 0 amide bonds. The monoisotopic (exact) mass is 220 g/mol. The van der Waals surface area contributed by atoms with E-state index in [0.717, 1.165) is 6.71 Å². The molecule has 90 valence electrons. The molecule has 2 nitrogen and oxygen atoms in total. The molecule has 0 saturated heterocycles. The van der Waals surface area contributed by atoms with Gasteiger partial charge in [-0.25, -0.2) is 0 Å². The molecule has 0 aliphatic heterocycles. The van der Waals surface area contributed by atoms with Gasteiger partial charge < -0.3 is 4.90 Å². The standard InChI is InChI=1S/C7H10N2.C6H15B/c1-9(2)7-3-5-8-6-4-7;1-4-7(5-2)6-3/h3-6H,1-2H3;4-6H2,1-3H3. The third-order valence-corrected chi connectivity index (χ3v) is 2.91. The van der Waals surface area contributed by atoms with Gasteiger partial charge >= 0.3 is 0 Å². The lowest BCUT2D eigenvalue weighted by Gasteiger charge is -2.10. The Morgan fingerprint density at radius 2 is 1.44 bits per heavy atom. The quantitative estimate of drug-likeness (QED) is 0.719. The van der Waals surface area contributed by atoms with Gasteiger partial charge in [-0.15, -0.1) is 0 Å². The van der Waals surface area contributed by atoms with E-state index in [1.807, 2.05) is 31.1 Å². The number of nitrogens with zero attached hydrogens (tertiary/aromatic N) is 2. The number of anilines is 1. The largest absolute Gasteiger partial charge is 0.378 e. The van der Waals surface area contributed by atoms with Crippen molar-refractivity contribution in [3.8, 4) is 0 Å². The molecular formula is C13H25BN2. The first-order chi connectivity index (χ1) is 7.65. The van der Waals surface area contributed by atoms with E-state index in [1.54, 1.807) is 12.4 Å². The van der Waals surface area contributed by atoms with E-state index in [-0.39, 0.29) is 0 Å². The Morgan fingerprint density at radius 3 is 1.62 bits per heavy atom. The number of hydrogen-bond acceptors (Lipinski definition) is 2. The Hall–Kier alpha value is -0.985. The highest BCUT2D eigenvalue weighted by Crippen LogP contribution is 2.05. The van der Waals surface area contributed by atoms with E-state index in [0.29, 0.717) is 0 Å². The van der Waals surface area contributed by atoms with Crippen molar-refractivity contribution in [3.05, 3.63) is 24.5 Å². The lowest BCUT2D eigenvalue weighted by molar-refractivity contribution is 1.12. The Balaban J connectivity index is 0.000000293. The molecule has 1 aromatic rings. The predicted molar refractivity (Wildman–Crippen MR) is 75.8 cm³/mol. The summed E-state index contributed by atoms with van der Waals surface area (Å²) in [6.45, 7) is 7.77. The molecule has 0 spiro atoms. The summed E-state index contributed by atoms with van der Waals surface area (Å²) in [5, 5.41) is 0. The van der Waals surface area contributed by atoms with E-state index in [9.17, 15) is 0 Å². The molecule has 1 rings (SSSR count). The zero-order valence-corrected chi connectivity index (χ0v) is 11.4. The minimum atomic E-state index is 0.986. The van der Waals surface area contributed by atoms with E-state index >= 15 is 0 Å². The zero-order chi connectivity index (χ0) is 12.4. The van der Waals surface area contributed by atoms with Gasteiger partial charge in [-0.05, 0) is 12.1 Å².